The van der Waals surface area contributed by atoms with Gasteiger partial charge in [-0.2, -0.15) is 13.2 Å². The Morgan fingerprint density at radius 2 is 2.04 bits per heavy atom. The maximum atomic E-state index is 13.2. The highest BCUT2D eigenvalue weighted by Crippen LogP contribution is 2.39. The SMILES string of the molecule is COC(=O)C1CCN(c2cc(C(F)(F)F)ccc2[C@H]2CN[C@H](CO)C2)CC1. The highest BCUT2D eigenvalue weighted by Gasteiger charge is 2.35. The largest absolute Gasteiger partial charge is 0.469 e. The molecule has 0 unspecified atom stereocenters. The maximum Gasteiger partial charge on any atom is 0.416 e. The maximum absolute atomic E-state index is 13.2. The second kappa shape index (κ2) is 8.06. The van der Waals surface area contributed by atoms with Crippen LogP contribution in [0.25, 0.3) is 0 Å². The van der Waals surface area contributed by atoms with E-state index >= 15 is 0 Å². The molecule has 2 aliphatic rings. The quantitative estimate of drug-likeness (QED) is 0.779. The minimum absolute atomic E-state index is 0.0109. The molecule has 0 spiro atoms. The van der Waals surface area contributed by atoms with Crippen molar-refractivity contribution in [2.24, 2.45) is 5.92 Å². The molecule has 0 radical (unpaired) electrons. The minimum Gasteiger partial charge on any atom is -0.469 e. The highest BCUT2D eigenvalue weighted by atomic mass is 19.4. The fraction of sp³-hybridized carbons (Fsp3) is 0.632. The number of piperidine rings is 1. The Balaban J connectivity index is 1.86. The summed E-state index contributed by atoms with van der Waals surface area (Å²) in [5.41, 5.74) is 0.780. The third-order valence-electron chi connectivity index (χ3n) is 5.61. The first kappa shape index (κ1) is 19.9. The molecule has 1 aromatic carbocycles. The molecule has 8 heteroatoms. The van der Waals surface area contributed by atoms with E-state index in [2.05, 4.69) is 5.32 Å². The fourth-order valence-electron chi connectivity index (χ4n) is 4.06. The van der Waals surface area contributed by atoms with Gasteiger partial charge in [-0.05, 0) is 42.9 Å². The van der Waals surface area contributed by atoms with Gasteiger partial charge >= 0.3 is 12.1 Å². The second-order valence-electron chi connectivity index (χ2n) is 7.28. The molecule has 0 aliphatic carbocycles. The summed E-state index contributed by atoms with van der Waals surface area (Å²) in [7, 11) is 1.35. The van der Waals surface area contributed by atoms with Gasteiger partial charge in [0.1, 0.15) is 0 Å². The van der Waals surface area contributed by atoms with Crippen LogP contribution in [0.15, 0.2) is 18.2 Å². The molecule has 0 saturated carbocycles. The van der Waals surface area contributed by atoms with Gasteiger partial charge in [0.2, 0.25) is 0 Å². The van der Waals surface area contributed by atoms with E-state index < -0.39 is 11.7 Å². The molecule has 3 rings (SSSR count). The van der Waals surface area contributed by atoms with Gasteiger partial charge in [-0.25, -0.2) is 0 Å². The number of benzene rings is 1. The van der Waals surface area contributed by atoms with Gasteiger partial charge in [-0.1, -0.05) is 6.07 Å². The van der Waals surface area contributed by atoms with E-state index in [1.807, 2.05) is 4.90 Å². The van der Waals surface area contributed by atoms with Crippen molar-refractivity contribution in [2.45, 2.75) is 37.4 Å². The van der Waals surface area contributed by atoms with Crippen LogP contribution in [0.4, 0.5) is 18.9 Å². The smallest absolute Gasteiger partial charge is 0.416 e. The molecule has 2 saturated heterocycles. The van der Waals surface area contributed by atoms with Crippen LogP contribution in [0, 0.1) is 5.92 Å². The lowest BCUT2D eigenvalue weighted by molar-refractivity contribution is -0.146. The predicted octanol–water partition coefficient (Wildman–Crippen LogP) is 2.53. The average Bonchev–Trinajstić information content (AvgIpc) is 3.15. The molecular weight excluding hydrogens is 361 g/mol. The number of nitrogens with one attached hydrogen (secondary N) is 1. The van der Waals surface area contributed by atoms with Crippen molar-refractivity contribution in [3.8, 4) is 0 Å². The van der Waals surface area contributed by atoms with Crippen molar-refractivity contribution >= 4 is 11.7 Å². The third kappa shape index (κ3) is 4.38. The number of halogens is 3. The number of rotatable bonds is 4. The number of hydrogen-bond acceptors (Lipinski definition) is 5. The second-order valence-corrected chi connectivity index (χ2v) is 7.28. The van der Waals surface area contributed by atoms with Crippen LogP contribution in [-0.4, -0.2) is 50.5 Å². The van der Waals surface area contributed by atoms with Crippen molar-refractivity contribution < 1.29 is 27.8 Å². The molecule has 2 aliphatic heterocycles. The van der Waals surface area contributed by atoms with Gasteiger partial charge in [-0.15, -0.1) is 0 Å². The number of ether oxygens (including phenoxy) is 1. The first-order valence-corrected chi connectivity index (χ1v) is 9.21. The zero-order valence-electron chi connectivity index (χ0n) is 15.3. The van der Waals surface area contributed by atoms with Crippen LogP contribution in [0.5, 0.6) is 0 Å². The Hall–Kier alpha value is -1.80. The molecule has 1 aromatic rings. The Morgan fingerprint density at radius 1 is 1.33 bits per heavy atom. The molecule has 2 atom stereocenters. The van der Waals surface area contributed by atoms with E-state index in [0.717, 1.165) is 11.6 Å². The topological polar surface area (TPSA) is 61.8 Å². The Kier molecular flexibility index (Phi) is 5.95. The molecule has 0 amide bonds. The van der Waals surface area contributed by atoms with Crippen molar-refractivity contribution in [2.75, 3.05) is 38.3 Å². The summed E-state index contributed by atoms with van der Waals surface area (Å²) in [6, 6.07) is 3.89. The lowest BCUT2D eigenvalue weighted by Gasteiger charge is -2.35. The molecule has 5 nitrogen and oxygen atoms in total. The summed E-state index contributed by atoms with van der Waals surface area (Å²) in [5, 5.41) is 12.5. The molecule has 150 valence electrons. The molecule has 2 fully saturated rings. The van der Waals surface area contributed by atoms with E-state index in [4.69, 9.17) is 4.74 Å². The number of nitrogens with zero attached hydrogens (tertiary/aromatic N) is 1. The van der Waals surface area contributed by atoms with Crippen molar-refractivity contribution in [3.05, 3.63) is 29.3 Å². The molecular formula is C19H25F3N2O3. The summed E-state index contributed by atoms with van der Waals surface area (Å²) < 4.78 is 44.5. The van der Waals surface area contributed by atoms with Crippen molar-refractivity contribution in [1.29, 1.82) is 0 Å². The standard InChI is InChI=1S/C19H25F3N2O3/c1-27-18(26)12-4-6-24(7-5-12)17-9-14(19(20,21)22)2-3-16(17)13-8-15(11-25)23-10-13/h2-3,9,12-13,15,23,25H,4-8,10-11H2,1H3/t13-,15+/m1/s1. The van der Waals surface area contributed by atoms with E-state index in [1.54, 1.807) is 6.07 Å². The number of carbonyl (C=O) groups excluding carboxylic acids is 1. The van der Waals surface area contributed by atoms with Gasteiger partial charge in [0.15, 0.2) is 0 Å². The van der Waals surface area contributed by atoms with Gasteiger partial charge in [0, 0.05) is 31.4 Å². The highest BCUT2D eigenvalue weighted by molar-refractivity contribution is 5.73. The summed E-state index contributed by atoms with van der Waals surface area (Å²) in [4.78, 5) is 13.7. The fourth-order valence-corrected chi connectivity index (χ4v) is 4.06. The van der Waals surface area contributed by atoms with Crippen LogP contribution < -0.4 is 10.2 Å². The van der Waals surface area contributed by atoms with E-state index in [1.165, 1.54) is 13.2 Å². The zero-order valence-corrected chi connectivity index (χ0v) is 15.3. The first-order chi connectivity index (χ1) is 12.8. The summed E-state index contributed by atoms with van der Waals surface area (Å²) in [6.45, 7) is 1.66. The number of esters is 1. The summed E-state index contributed by atoms with van der Waals surface area (Å²) >= 11 is 0. The van der Waals surface area contributed by atoms with Crippen LogP contribution in [0.3, 0.4) is 0 Å². The van der Waals surface area contributed by atoms with Crippen LogP contribution in [0.2, 0.25) is 0 Å². The van der Waals surface area contributed by atoms with Crippen LogP contribution in [0.1, 0.15) is 36.3 Å². The van der Waals surface area contributed by atoms with Crippen LogP contribution in [-0.2, 0) is 15.7 Å². The number of aliphatic hydroxyl groups is 1. The zero-order chi connectivity index (χ0) is 19.6. The Morgan fingerprint density at radius 3 is 2.59 bits per heavy atom. The third-order valence-corrected chi connectivity index (χ3v) is 5.61. The van der Waals surface area contributed by atoms with Gasteiger partial charge in [-0.3, -0.25) is 4.79 Å². The number of anilines is 1. The number of methoxy groups -OCH3 is 1. The van der Waals surface area contributed by atoms with E-state index in [-0.39, 0.29) is 30.5 Å². The van der Waals surface area contributed by atoms with Crippen molar-refractivity contribution in [3.63, 3.8) is 0 Å². The Bertz CT molecular complexity index is 673. The van der Waals surface area contributed by atoms with Gasteiger partial charge < -0.3 is 20.1 Å². The first-order valence-electron chi connectivity index (χ1n) is 9.21. The molecule has 0 aromatic heterocycles. The monoisotopic (exact) mass is 386 g/mol. The van der Waals surface area contributed by atoms with E-state index in [9.17, 15) is 23.1 Å². The number of aliphatic hydroxyl groups excluding tert-OH is 1. The molecule has 2 heterocycles. The predicted molar refractivity (Wildman–Crippen MR) is 94.6 cm³/mol. The summed E-state index contributed by atoms with van der Waals surface area (Å²) in [6.07, 6.45) is -2.60. The number of hydrogen-bond donors (Lipinski definition) is 2. The molecule has 2 N–H and O–H groups in total. The Labute approximate surface area is 156 Å². The average molecular weight is 386 g/mol. The van der Waals surface area contributed by atoms with Gasteiger partial charge in [0.05, 0.1) is 25.2 Å². The minimum atomic E-state index is -4.40. The lowest BCUT2D eigenvalue weighted by Crippen LogP contribution is -2.37. The molecule has 0 bridgehead atoms. The number of carbonyl (C=O) groups is 1. The summed E-state index contributed by atoms with van der Waals surface area (Å²) in [5.74, 6) is -0.408. The van der Waals surface area contributed by atoms with Crippen molar-refractivity contribution in [1.82, 2.24) is 5.32 Å². The van der Waals surface area contributed by atoms with E-state index in [0.29, 0.717) is 44.6 Å². The van der Waals surface area contributed by atoms with Crippen LogP contribution >= 0.6 is 0 Å². The molecule has 27 heavy (non-hydrogen) atoms. The lowest BCUT2D eigenvalue weighted by atomic mass is 9.91. The van der Waals surface area contributed by atoms with Gasteiger partial charge in [0.25, 0.3) is 0 Å². The number of alkyl halides is 3. The normalized spacial score (nSPS) is 24.3.